The van der Waals surface area contributed by atoms with Gasteiger partial charge >= 0.3 is 0 Å². The lowest BCUT2D eigenvalue weighted by Gasteiger charge is -2.25. The van der Waals surface area contributed by atoms with Gasteiger partial charge in [-0.3, -0.25) is 14.4 Å². The molecule has 0 saturated carbocycles. The van der Waals surface area contributed by atoms with Gasteiger partial charge in [0.05, 0.1) is 30.5 Å². The molecule has 1 amide bonds. The van der Waals surface area contributed by atoms with Crippen molar-refractivity contribution in [3.63, 3.8) is 0 Å². The number of rotatable bonds is 3. The minimum atomic E-state index is 0.0600. The van der Waals surface area contributed by atoms with Crippen LogP contribution in [0, 0.1) is 5.92 Å². The van der Waals surface area contributed by atoms with Crippen LogP contribution in [0.25, 0.3) is 0 Å². The molecule has 132 valence electrons. The fourth-order valence-corrected chi connectivity index (χ4v) is 4.74. The zero-order valence-electron chi connectivity index (χ0n) is 14.2. The number of thioether (sulfide) groups is 1. The van der Waals surface area contributed by atoms with Gasteiger partial charge in [0, 0.05) is 50.8 Å². The first-order chi connectivity index (χ1) is 11.8. The molecular weight excluding hydrogens is 324 g/mol. The molecule has 24 heavy (non-hydrogen) atoms. The summed E-state index contributed by atoms with van der Waals surface area (Å²) < 4.78 is 7.50. The normalized spacial score (nSPS) is 25.5. The van der Waals surface area contributed by atoms with E-state index in [9.17, 15) is 4.79 Å². The number of fused-ring (bicyclic) bond motifs is 1. The molecule has 1 atom stereocenters. The Hall–Kier alpha value is -1.05. The molecule has 3 aliphatic rings. The van der Waals surface area contributed by atoms with Gasteiger partial charge in [-0.15, -0.1) is 0 Å². The van der Waals surface area contributed by atoms with E-state index in [4.69, 9.17) is 9.84 Å². The molecule has 0 radical (unpaired) electrons. The summed E-state index contributed by atoms with van der Waals surface area (Å²) in [6.45, 7) is 6.99. The van der Waals surface area contributed by atoms with Gasteiger partial charge in [-0.05, 0) is 18.9 Å². The molecule has 3 aliphatic heterocycles. The molecular formula is C17H26N4O2S. The number of carbonyl (C=O) groups is 1. The molecule has 2 saturated heterocycles. The molecule has 1 aromatic heterocycles. The highest BCUT2D eigenvalue weighted by atomic mass is 32.2. The van der Waals surface area contributed by atoms with Crippen molar-refractivity contribution in [2.45, 2.75) is 32.5 Å². The number of hydrogen-bond donors (Lipinski definition) is 0. The van der Waals surface area contributed by atoms with Gasteiger partial charge in [0.15, 0.2) is 0 Å². The van der Waals surface area contributed by atoms with Crippen molar-refractivity contribution in [1.29, 1.82) is 0 Å². The van der Waals surface area contributed by atoms with Crippen LogP contribution in [0.3, 0.4) is 0 Å². The predicted octanol–water partition coefficient (Wildman–Crippen LogP) is 1.20. The van der Waals surface area contributed by atoms with Gasteiger partial charge in [-0.1, -0.05) is 0 Å². The lowest BCUT2D eigenvalue weighted by atomic mass is 10.1. The van der Waals surface area contributed by atoms with Crippen LogP contribution in [0.15, 0.2) is 6.07 Å². The number of carbonyl (C=O) groups excluding carboxylic acids is 1. The SMILES string of the molecule is O=C([C@@H]1CCOC1)N1CCCn2nc(CN3CCSCC3)cc2C1. The van der Waals surface area contributed by atoms with Gasteiger partial charge < -0.3 is 9.64 Å². The van der Waals surface area contributed by atoms with Crippen molar-refractivity contribution < 1.29 is 9.53 Å². The molecule has 1 aromatic rings. The monoisotopic (exact) mass is 350 g/mol. The minimum Gasteiger partial charge on any atom is -0.381 e. The van der Waals surface area contributed by atoms with E-state index in [2.05, 4.69) is 15.6 Å². The molecule has 0 bridgehead atoms. The average molecular weight is 350 g/mol. The quantitative estimate of drug-likeness (QED) is 0.820. The Morgan fingerprint density at radius 1 is 1.29 bits per heavy atom. The van der Waals surface area contributed by atoms with Crippen molar-refractivity contribution in [1.82, 2.24) is 19.6 Å². The summed E-state index contributed by atoms with van der Waals surface area (Å²) in [5.74, 6) is 2.76. The van der Waals surface area contributed by atoms with Crippen LogP contribution in [-0.4, -0.2) is 69.8 Å². The topological polar surface area (TPSA) is 50.6 Å². The van der Waals surface area contributed by atoms with Crippen LogP contribution in [0.1, 0.15) is 24.2 Å². The summed E-state index contributed by atoms with van der Waals surface area (Å²) in [6, 6.07) is 2.21. The molecule has 0 spiro atoms. The second-order valence-electron chi connectivity index (χ2n) is 6.91. The van der Waals surface area contributed by atoms with E-state index in [1.54, 1.807) is 0 Å². The first-order valence-corrected chi connectivity index (χ1v) is 10.2. The lowest BCUT2D eigenvalue weighted by Crippen LogP contribution is -2.36. The maximum Gasteiger partial charge on any atom is 0.228 e. The third kappa shape index (κ3) is 3.63. The number of ether oxygens (including phenoxy) is 1. The van der Waals surface area contributed by atoms with Crippen molar-refractivity contribution in [3.8, 4) is 0 Å². The molecule has 4 rings (SSSR count). The highest BCUT2D eigenvalue weighted by Gasteiger charge is 2.29. The van der Waals surface area contributed by atoms with Crippen LogP contribution in [0.5, 0.6) is 0 Å². The van der Waals surface area contributed by atoms with Gasteiger partial charge in [0.25, 0.3) is 0 Å². The number of hydrogen-bond acceptors (Lipinski definition) is 5. The van der Waals surface area contributed by atoms with Crippen LogP contribution in [0.4, 0.5) is 0 Å². The van der Waals surface area contributed by atoms with E-state index < -0.39 is 0 Å². The maximum absolute atomic E-state index is 12.7. The van der Waals surface area contributed by atoms with E-state index in [0.717, 1.165) is 57.9 Å². The summed E-state index contributed by atoms with van der Waals surface area (Å²) in [7, 11) is 0. The molecule has 2 fully saturated rings. The standard InChI is InChI=1S/C17H26N4O2S/c22-17(14-2-7-23-13-14)20-3-1-4-21-16(12-20)10-15(18-21)11-19-5-8-24-9-6-19/h10,14H,1-9,11-13H2/t14-/m1/s1. The number of aryl methyl sites for hydroxylation is 1. The fourth-order valence-electron chi connectivity index (χ4n) is 3.76. The smallest absolute Gasteiger partial charge is 0.228 e. The van der Waals surface area contributed by atoms with Crippen molar-refractivity contribution in [3.05, 3.63) is 17.5 Å². The summed E-state index contributed by atoms with van der Waals surface area (Å²) in [6.07, 6.45) is 1.85. The molecule has 0 aliphatic carbocycles. The largest absolute Gasteiger partial charge is 0.381 e. The minimum absolute atomic E-state index is 0.0600. The van der Waals surface area contributed by atoms with Crippen molar-refractivity contribution in [2.24, 2.45) is 5.92 Å². The molecule has 4 heterocycles. The van der Waals surface area contributed by atoms with Crippen LogP contribution >= 0.6 is 11.8 Å². The van der Waals surface area contributed by atoms with Gasteiger partial charge in [0.2, 0.25) is 5.91 Å². The first kappa shape index (κ1) is 16.4. The fraction of sp³-hybridized carbons (Fsp3) is 0.765. The summed E-state index contributed by atoms with van der Waals surface area (Å²) in [5, 5.41) is 4.80. The molecule has 0 N–H and O–H groups in total. The molecule has 0 aromatic carbocycles. The highest BCUT2D eigenvalue weighted by Crippen LogP contribution is 2.21. The van der Waals surface area contributed by atoms with Gasteiger partial charge in [0.1, 0.15) is 0 Å². The van der Waals surface area contributed by atoms with Crippen LogP contribution in [-0.2, 0) is 29.2 Å². The molecule has 0 unspecified atom stereocenters. The number of nitrogens with zero attached hydrogens (tertiary/aromatic N) is 4. The molecule has 7 heteroatoms. The Morgan fingerprint density at radius 2 is 2.17 bits per heavy atom. The van der Waals surface area contributed by atoms with Gasteiger partial charge in [-0.25, -0.2) is 0 Å². The number of amides is 1. The van der Waals surface area contributed by atoms with E-state index in [-0.39, 0.29) is 11.8 Å². The van der Waals surface area contributed by atoms with Crippen molar-refractivity contribution >= 4 is 17.7 Å². The van der Waals surface area contributed by atoms with Crippen LogP contribution in [0.2, 0.25) is 0 Å². The van der Waals surface area contributed by atoms with E-state index in [1.807, 2.05) is 16.7 Å². The molecule has 6 nitrogen and oxygen atoms in total. The summed E-state index contributed by atoms with van der Waals surface area (Å²) in [4.78, 5) is 17.2. The summed E-state index contributed by atoms with van der Waals surface area (Å²) >= 11 is 2.03. The highest BCUT2D eigenvalue weighted by molar-refractivity contribution is 7.99. The zero-order chi connectivity index (χ0) is 16.4. The third-order valence-electron chi connectivity index (χ3n) is 5.14. The van der Waals surface area contributed by atoms with Crippen LogP contribution < -0.4 is 0 Å². The van der Waals surface area contributed by atoms with Crippen molar-refractivity contribution in [2.75, 3.05) is 44.4 Å². The Bertz CT molecular complexity index is 579. The van der Waals surface area contributed by atoms with E-state index >= 15 is 0 Å². The predicted molar refractivity (Wildman–Crippen MR) is 93.8 cm³/mol. The third-order valence-corrected chi connectivity index (χ3v) is 6.09. The Kier molecular flexibility index (Phi) is 5.10. The lowest BCUT2D eigenvalue weighted by molar-refractivity contribution is -0.136. The van der Waals surface area contributed by atoms with Gasteiger partial charge in [-0.2, -0.15) is 16.9 Å². The first-order valence-electron chi connectivity index (χ1n) is 9.02. The Morgan fingerprint density at radius 3 is 2.96 bits per heavy atom. The van der Waals surface area contributed by atoms with E-state index in [1.165, 1.54) is 17.2 Å². The Balaban J connectivity index is 1.43. The Labute approximate surface area is 147 Å². The second kappa shape index (κ2) is 7.45. The number of aromatic nitrogens is 2. The zero-order valence-corrected chi connectivity index (χ0v) is 15.0. The average Bonchev–Trinajstić information content (AvgIpc) is 3.21. The summed E-state index contributed by atoms with van der Waals surface area (Å²) in [5.41, 5.74) is 2.33. The van der Waals surface area contributed by atoms with E-state index in [0.29, 0.717) is 13.2 Å². The maximum atomic E-state index is 12.7. The second-order valence-corrected chi connectivity index (χ2v) is 8.14.